The largest absolute Gasteiger partial charge is 0.481 e. The molecule has 9 nitrogen and oxygen atoms in total. The molecule has 3 aromatic carbocycles. The Bertz CT molecular complexity index is 1700. The van der Waals surface area contributed by atoms with Crippen LogP contribution in [-0.4, -0.2) is 59.9 Å². The van der Waals surface area contributed by atoms with Crippen molar-refractivity contribution in [2.24, 2.45) is 0 Å². The molecular weight excluding hydrogens is 602 g/mol. The summed E-state index contributed by atoms with van der Waals surface area (Å²) in [5.41, 5.74) is 1.43. The second-order valence-corrected chi connectivity index (χ2v) is 11.4. The van der Waals surface area contributed by atoms with Crippen LogP contribution in [0.4, 0.5) is 20.2 Å². The summed E-state index contributed by atoms with van der Waals surface area (Å²) in [6.45, 7) is 1.90. The number of benzene rings is 3. The van der Waals surface area contributed by atoms with Crippen LogP contribution in [0.1, 0.15) is 54.8 Å². The summed E-state index contributed by atoms with van der Waals surface area (Å²) in [7, 11) is 0. The number of anilines is 2. The molecule has 0 saturated carbocycles. The highest BCUT2D eigenvalue weighted by Crippen LogP contribution is 2.30. The van der Waals surface area contributed by atoms with Crippen LogP contribution in [0.25, 0.3) is 0 Å². The Morgan fingerprint density at radius 1 is 0.800 bits per heavy atom. The highest BCUT2D eigenvalue weighted by Gasteiger charge is 2.25. The van der Waals surface area contributed by atoms with E-state index in [9.17, 15) is 33.1 Å². The summed E-state index contributed by atoms with van der Waals surface area (Å²) in [6.07, 6.45) is 0.311. The molecule has 12 heteroatoms. The summed E-state index contributed by atoms with van der Waals surface area (Å²) in [5.74, 6) is -4.70. The summed E-state index contributed by atoms with van der Waals surface area (Å²) in [4.78, 5) is 55.5. The van der Waals surface area contributed by atoms with Crippen molar-refractivity contribution in [2.75, 3.05) is 36.4 Å². The van der Waals surface area contributed by atoms with Gasteiger partial charge in [-0.3, -0.25) is 19.2 Å². The summed E-state index contributed by atoms with van der Waals surface area (Å²) in [6, 6.07) is 19.2. The average molecular weight is 633 g/mol. The van der Waals surface area contributed by atoms with Gasteiger partial charge in [-0.15, -0.1) is 11.3 Å². The molecule has 4 aromatic rings. The number of halogens is 2. The molecule has 1 fully saturated rings. The molecule has 45 heavy (non-hydrogen) atoms. The third-order valence-electron chi connectivity index (χ3n) is 7.40. The Hall–Kier alpha value is -5.10. The summed E-state index contributed by atoms with van der Waals surface area (Å²) in [5, 5.41) is 16.7. The lowest BCUT2D eigenvalue weighted by molar-refractivity contribution is -0.137. The SMILES string of the molecule is O=C(O)CC(NC(=O)c1ccc(N2CCCN(C(=O)c3ccccc3)CC2)c(NC(=O)c2ccc(F)c(F)c2)c1)c1cccs1. The molecular formula is C33H30F2N4O5S. The minimum absolute atomic E-state index is 0.0852. The van der Waals surface area contributed by atoms with Crippen LogP contribution >= 0.6 is 11.3 Å². The zero-order chi connectivity index (χ0) is 31.9. The van der Waals surface area contributed by atoms with Crippen LogP contribution in [0.5, 0.6) is 0 Å². The Morgan fingerprint density at radius 3 is 2.27 bits per heavy atom. The van der Waals surface area contributed by atoms with E-state index in [0.29, 0.717) is 48.7 Å². The van der Waals surface area contributed by atoms with Crippen molar-refractivity contribution in [3.8, 4) is 0 Å². The zero-order valence-electron chi connectivity index (χ0n) is 24.0. The Kier molecular flexibility index (Phi) is 9.83. The van der Waals surface area contributed by atoms with E-state index in [1.54, 1.807) is 58.8 Å². The van der Waals surface area contributed by atoms with Crippen LogP contribution in [0.15, 0.2) is 84.2 Å². The van der Waals surface area contributed by atoms with Gasteiger partial charge in [0.2, 0.25) is 0 Å². The second-order valence-electron chi connectivity index (χ2n) is 10.5. The van der Waals surface area contributed by atoms with Gasteiger partial charge in [0.1, 0.15) is 0 Å². The van der Waals surface area contributed by atoms with Gasteiger partial charge >= 0.3 is 5.97 Å². The molecule has 2 heterocycles. The predicted molar refractivity (Wildman–Crippen MR) is 167 cm³/mol. The van der Waals surface area contributed by atoms with E-state index < -0.39 is 35.5 Å². The lowest BCUT2D eigenvalue weighted by Gasteiger charge is -2.27. The molecule has 0 radical (unpaired) electrons. The molecule has 1 atom stereocenters. The molecule has 1 aliphatic rings. The third-order valence-corrected chi connectivity index (χ3v) is 8.39. The first kappa shape index (κ1) is 31.3. The van der Waals surface area contributed by atoms with Gasteiger partial charge < -0.3 is 25.5 Å². The number of thiophene rings is 1. The number of hydrogen-bond donors (Lipinski definition) is 3. The van der Waals surface area contributed by atoms with Crippen LogP contribution in [0.3, 0.4) is 0 Å². The van der Waals surface area contributed by atoms with Crippen LogP contribution in [-0.2, 0) is 4.79 Å². The van der Waals surface area contributed by atoms with Crippen molar-refractivity contribution >= 4 is 46.4 Å². The number of rotatable bonds is 9. The van der Waals surface area contributed by atoms with Crippen molar-refractivity contribution in [3.63, 3.8) is 0 Å². The minimum Gasteiger partial charge on any atom is -0.481 e. The first-order chi connectivity index (χ1) is 21.7. The normalized spacial score (nSPS) is 13.9. The Balaban J connectivity index is 1.42. The predicted octanol–water partition coefficient (Wildman–Crippen LogP) is 5.58. The highest BCUT2D eigenvalue weighted by atomic mass is 32.1. The van der Waals surface area contributed by atoms with E-state index in [4.69, 9.17) is 0 Å². The summed E-state index contributed by atoms with van der Waals surface area (Å²) < 4.78 is 27.5. The van der Waals surface area contributed by atoms with Gasteiger partial charge in [-0.1, -0.05) is 24.3 Å². The minimum atomic E-state index is -1.18. The molecule has 1 aromatic heterocycles. The fraction of sp³-hybridized carbons (Fsp3) is 0.212. The van der Waals surface area contributed by atoms with E-state index in [1.165, 1.54) is 17.4 Å². The lowest BCUT2D eigenvalue weighted by atomic mass is 10.1. The number of nitrogens with zero attached hydrogens (tertiary/aromatic N) is 2. The van der Waals surface area contributed by atoms with Gasteiger partial charge in [0.15, 0.2) is 11.6 Å². The van der Waals surface area contributed by atoms with Crippen LogP contribution in [0.2, 0.25) is 0 Å². The van der Waals surface area contributed by atoms with Crippen molar-refractivity contribution in [1.29, 1.82) is 0 Å². The first-order valence-electron chi connectivity index (χ1n) is 14.3. The fourth-order valence-electron chi connectivity index (χ4n) is 5.14. The van der Waals surface area contributed by atoms with Gasteiger partial charge in [0, 0.05) is 47.7 Å². The fourth-order valence-corrected chi connectivity index (χ4v) is 5.92. The number of aliphatic carboxylic acids is 1. The van der Waals surface area contributed by atoms with Crippen molar-refractivity contribution in [2.45, 2.75) is 18.9 Å². The maximum atomic E-state index is 13.9. The topological polar surface area (TPSA) is 119 Å². The molecule has 0 spiro atoms. The molecule has 5 rings (SSSR count). The number of carboxylic acids is 1. The smallest absolute Gasteiger partial charge is 0.305 e. The second kappa shape index (κ2) is 14.1. The number of carbonyl (C=O) groups excluding carboxylic acids is 3. The monoisotopic (exact) mass is 632 g/mol. The number of carbonyl (C=O) groups is 4. The molecule has 0 bridgehead atoms. The Labute approximate surface area is 262 Å². The molecule has 232 valence electrons. The molecule has 1 saturated heterocycles. The van der Waals surface area contributed by atoms with Crippen molar-refractivity contribution < 1.29 is 33.1 Å². The molecule has 3 amide bonds. The first-order valence-corrected chi connectivity index (χ1v) is 15.1. The van der Waals surface area contributed by atoms with Gasteiger partial charge in [-0.25, -0.2) is 8.78 Å². The number of amides is 3. The maximum Gasteiger partial charge on any atom is 0.305 e. The van der Waals surface area contributed by atoms with Gasteiger partial charge in [-0.05, 0) is 66.4 Å². The van der Waals surface area contributed by atoms with Crippen molar-refractivity contribution in [1.82, 2.24) is 10.2 Å². The number of hydrogen-bond acceptors (Lipinski definition) is 6. The van der Waals surface area contributed by atoms with Gasteiger partial charge in [0.25, 0.3) is 17.7 Å². The quantitative estimate of drug-likeness (QED) is 0.222. The van der Waals surface area contributed by atoms with Gasteiger partial charge in [-0.2, -0.15) is 0 Å². The average Bonchev–Trinajstić information content (AvgIpc) is 3.47. The van der Waals surface area contributed by atoms with E-state index in [0.717, 1.165) is 18.2 Å². The van der Waals surface area contributed by atoms with Crippen LogP contribution in [0, 0.1) is 11.6 Å². The zero-order valence-corrected chi connectivity index (χ0v) is 24.9. The Morgan fingerprint density at radius 2 is 1.56 bits per heavy atom. The third kappa shape index (κ3) is 7.71. The highest BCUT2D eigenvalue weighted by molar-refractivity contribution is 7.10. The van der Waals surface area contributed by atoms with E-state index in [2.05, 4.69) is 10.6 Å². The molecule has 1 unspecified atom stereocenters. The maximum absolute atomic E-state index is 13.9. The standard InChI is InChI=1S/C33H30F2N4O5S/c34-24-11-9-22(18-25(24)35)31(42)36-26-19-23(32(43)37-27(20-30(40)41)29-8-4-17-45-29)10-12-28(26)38-13-5-14-39(16-15-38)33(44)21-6-2-1-3-7-21/h1-4,6-12,17-19,27H,5,13-16,20H2,(H,36,42)(H,37,43)(H,40,41). The molecule has 0 aliphatic carbocycles. The molecule has 3 N–H and O–H groups in total. The van der Waals surface area contributed by atoms with E-state index in [-0.39, 0.29) is 29.1 Å². The van der Waals surface area contributed by atoms with E-state index in [1.807, 2.05) is 11.0 Å². The van der Waals surface area contributed by atoms with Crippen molar-refractivity contribution in [3.05, 3.63) is 117 Å². The van der Waals surface area contributed by atoms with Gasteiger partial charge in [0.05, 0.1) is 23.8 Å². The number of nitrogens with one attached hydrogen (secondary N) is 2. The van der Waals surface area contributed by atoms with E-state index >= 15 is 0 Å². The number of carboxylic acid groups (broad SMARTS) is 1. The summed E-state index contributed by atoms with van der Waals surface area (Å²) >= 11 is 1.32. The van der Waals surface area contributed by atoms with Crippen LogP contribution < -0.4 is 15.5 Å². The molecule has 1 aliphatic heterocycles. The lowest BCUT2D eigenvalue weighted by Crippen LogP contribution is -2.35.